The Morgan fingerprint density at radius 1 is 1.00 bits per heavy atom. The Morgan fingerprint density at radius 2 is 1.73 bits per heavy atom. The van der Waals surface area contributed by atoms with Gasteiger partial charge in [0.25, 0.3) is 0 Å². The third kappa shape index (κ3) is 9.12. The van der Waals surface area contributed by atoms with Gasteiger partial charge in [-0.25, -0.2) is 27.7 Å². The summed E-state index contributed by atoms with van der Waals surface area (Å²) in [4.78, 5) is 44.0. The van der Waals surface area contributed by atoms with Gasteiger partial charge in [0.2, 0.25) is 0 Å². The molecule has 0 radical (unpaired) electrons. The predicted molar refractivity (Wildman–Crippen MR) is 208 cm³/mol. The summed E-state index contributed by atoms with van der Waals surface area (Å²) in [5, 5.41) is 2.91. The summed E-state index contributed by atoms with van der Waals surface area (Å²) in [5.74, 6) is -1.04. The molecule has 12 nitrogen and oxygen atoms in total. The molecular weight excluding hydrogens is 759 g/mol. The standard InChI is InChI=1S/C31H35ClF2N6O5S.C7H12FN/c1-30(2,3)44-28(41)38-27-36-23-16(9-10-19(33)24(23)46-27)20-18(32)13-17-22(21(20)34)35-26(43-8)37-25(17)39(7)15-11-12-40(14-15)29(42)45-31(4,5)6;8-6-4-7-2-1-3-9(7)5-6/h9-10,13,15H,11-12,14H2,1-8H3,(H,36,38,41);6-7H,1-5H2. The van der Waals surface area contributed by atoms with E-state index < -0.39 is 41.2 Å². The molecule has 3 unspecified atom stereocenters. The van der Waals surface area contributed by atoms with Crippen molar-refractivity contribution in [3.63, 3.8) is 0 Å². The first kappa shape index (κ1) is 40.5. The predicted octanol–water partition coefficient (Wildman–Crippen LogP) is 8.83. The van der Waals surface area contributed by atoms with Crippen LogP contribution in [0.15, 0.2) is 18.2 Å². The minimum atomic E-state index is -0.790. The average Bonchev–Trinajstić information content (AvgIpc) is 3.89. The second kappa shape index (κ2) is 15.8. The van der Waals surface area contributed by atoms with E-state index in [4.69, 9.17) is 25.8 Å². The maximum atomic E-state index is 16.6. The lowest BCUT2D eigenvalue weighted by molar-refractivity contribution is 0.0292. The molecule has 2 amide bonds. The maximum absolute atomic E-state index is 16.6. The van der Waals surface area contributed by atoms with Crippen molar-refractivity contribution < 1.29 is 37.0 Å². The average molecular weight is 806 g/mol. The van der Waals surface area contributed by atoms with Crippen LogP contribution in [0.4, 0.5) is 33.7 Å². The Balaban J connectivity index is 0.000000495. The van der Waals surface area contributed by atoms with Crippen LogP contribution in [0.1, 0.15) is 67.2 Å². The van der Waals surface area contributed by atoms with Gasteiger partial charge in [-0.3, -0.25) is 10.2 Å². The number of anilines is 2. The van der Waals surface area contributed by atoms with Gasteiger partial charge in [-0.15, -0.1) is 0 Å². The first-order valence-corrected chi connectivity index (χ1v) is 19.4. The van der Waals surface area contributed by atoms with Crippen LogP contribution in [-0.4, -0.2) is 107 Å². The van der Waals surface area contributed by atoms with Crippen molar-refractivity contribution in [2.75, 3.05) is 50.6 Å². The van der Waals surface area contributed by atoms with E-state index in [1.165, 1.54) is 32.1 Å². The zero-order valence-electron chi connectivity index (χ0n) is 32.3. The molecule has 0 spiro atoms. The maximum Gasteiger partial charge on any atom is 0.413 e. The van der Waals surface area contributed by atoms with Crippen molar-refractivity contribution in [1.29, 1.82) is 0 Å². The van der Waals surface area contributed by atoms with Gasteiger partial charge in [0.05, 0.1) is 22.3 Å². The van der Waals surface area contributed by atoms with Crippen LogP contribution in [-0.2, 0) is 9.47 Å². The number of ether oxygens (including phenoxy) is 3. The number of rotatable bonds is 5. The summed E-state index contributed by atoms with van der Waals surface area (Å²) in [6.45, 7) is 13.2. The van der Waals surface area contributed by atoms with Crippen molar-refractivity contribution in [2.45, 2.75) is 96.7 Å². The highest BCUT2D eigenvalue weighted by Gasteiger charge is 2.35. The van der Waals surface area contributed by atoms with Gasteiger partial charge in [0.1, 0.15) is 34.5 Å². The molecule has 17 heteroatoms. The summed E-state index contributed by atoms with van der Waals surface area (Å²) in [7, 11) is 3.17. The molecule has 1 N–H and O–H groups in total. The number of aromatic nitrogens is 3. The molecule has 2 aromatic carbocycles. The van der Waals surface area contributed by atoms with Crippen molar-refractivity contribution in [1.82, 2.24) is 24.8 Å². The normalized spacial score (nSPS) is 20.0. The Morgan fingerprint density at radius 3 is 2.40 bits per heavy atom. The number of amides is 2. The molecule has 2 aromatic heterocycles. The zero-order valence-corrected chi connectivity index (χ0v) is 33.8. The van der Waals surface area contributed by atoms with Gasteiger partial charge in [0.15, 0.2) is 10.9 Å². The topological polar surface area (TPSA) is 122 Å². The van der Waals surface area contributed by atoms with Crippen molar-refractivity contribution in [3.8, 4) is 17.1 Å². The van der Waals surface area contributed by atoms with Crippen LogP contribution in [0.25, 0.3) is 32.2 Å². The van der Waals surface area contributed by atoms with E-state index in [2.05, 4.69) is 25.2 Å². The lowest BCUT2D eigenvalue weighted by atomic mass is 10.0. The number of thiazole rings is 1. The minimum absolute atomic E-state index is 0.0118. The van der Waals surface area contributed by atoms with E-state index in [9.17, 15) is 18.4 Å². The van der Waals surface area contributed by atoms with E-state index in [0.29, 0.717) is 43.3 Å². The molecule has 7 rings (SSSR count). The van der Waals surface area contributed by atoms with Gasteiger partial charge in [-0.1, -0.05) is 22.9 Å². The number of alkyl halides is 1. The highest BCUT2D eigenvalue weighted by molar-refractivity contribution is 7.22. The summed E-state index contributed by atoms with van der Waals surface area (Å²) in [6.07, 6.45) is 2.26. The molecule has 3 atom stereocenters. The van der Waals surface area contributed by atoms with E-state index >= 15 is 4.39 Å². The van der Waals surface area contributed by atoms with E-state index in [1.807, 2.05) is 25.7 Å². The van der Waals surface area contributed by atoms with Gasteiger partial charge in [-0.2, -0.15) is 9.97 Å². The molecular formula is C38H47ClF3N7O5S. The van der Waals surface area contributed by atoms with Gasteiger partial charge in [-0.05, 0) is 92.0 Å². The van der Waals surface area contributed by atoms with Crippen molar-refractivity contribution in [2.24, 2.45) is 0 Å². The van der Waals surface area contributed by atoms with Crippen molar-refractivity contribution in [3.05, 3.63) is 34.9 Å². The Hall–Kier alpha value is -4.15. The van der Waals surface area contributed by atoms with Crippen LogP contribution in [0.3, 0.4) is 0 Å². The van der Waals surface area contributed by atoms with Gasteiger partial charge >= 0.3 is 18.2 Å². The Bertz CT molecular complexity index is 2080. The monoisotopic (exact) mass is 805 g/mol. The third-order valence-electron chi connectivity index (χ3n) is 9.55. The number of hydrogen-bond acceptors (Lipinski definition) is 11. The SMILES string of the molecule is COc1nc(N(C)C2CCN(C(=O)OC(C)(C)C)C2)c2cc(Cl)c(-c3ccc(F)c4sc(NC(=O)OC(C)(C)C)nc34)c(F)c2n1.FC1CC2CCCN2C1. The molecule has 4 aromatic rings. The Kier molecular flexibility index (Phi) is 11.6. The molecule has 3 fully saturated rings. The first-order valence-electron chi connectivity index (χ1n) is 18.2. The van der Waals surface area contributed by atoms with Crippen LogP contribution in [0.2, 0.25) is 5.02 Å². The molecule has 298 valence electrons. The largest absolute Gasteiger partial charge is 0.467 e. The highest BCUT2D eigenvalue weighted by atomic mass is 35.5. The third-order valence-corrected chi connectivity index (χ3v) is 10.8. The Labute approximate surface area is 327 Å². The quantitative estimate of drug-likeness (QED) is 0.209. The molecule has 55 heavy (non-hydrogen) atoms. The number of hydrogen-bond donors (Lipinski definition) is 1. The molecule has 5 heterocycles. The summed E-state index contributed by atoms with van der Waals surface area (Å²) in [5.41, 5.74) is -1.22. The lowest BCUT2D eigenvalue weighted by Crippen LogP contribution is -2.39. The summed E-state index contributed by atoms with van der Waals surface area (Å²) >= 11 is 7.64. The fraction of sp³-hybridized carbons (Fsp3) is 0.553. The van der Waals surface area contributed by atoms with Crippen LogP contribution >= 0.6 is 22.9 Å². The number of halogens is 4. The molecule has 3 aliphatic heterocycles. The zero-order chi connectivity index (χ0) is 40.0. The number of carbonyl (C=O) groups excluding carboxylic acids is 2. The summed E-state index contributed by atoms with van der Waals surface area (Å²) < 4.78 is 60.4. The van der Waals surface area contributed by atoms with E-state index in [1.54, 1.807) is 38.8 Å². The lowest BCUT2D eigenvalue weighted by Gasteiger charge is -2.28. The molecule has 3 saturated heterocycles. The minimum Gasteiger partial charge on any atom is -0.467 e. The van der Waals surface area contributed by atoms with Crippen LogP contribution < -0.4 is 15.0 Å². The highest BCUT2D eigenvalue weighted by Crippen LogP contribution is 2.43. The number of methoxy groups -OCH3 is 1. The van der Waals surface area contributed by atoms with E-state index in [-0.39, 0.29) is 49.1 Å². The molecule has 0 saturated carbocycles. The number of nitrogens with one attached hydrogen (secondary N) is 1. The molecule has 0 aliphatic carbocycles. The second-order valence-electron chi connectivity index (χ2n) is 16.0. The number of nitrogens with zero attached hydrogens (tertiary/aromatic N) is 6. The smallest absolute Gasteiger partial charge is 0.413 e. The van der Waals surface area contributed by atoms with Crippen LogP contribution in [0.5, 0.6) is 6.01 Å². The number of likely N-dealkylation sites (tertiary alicyclic amines) is 1. The number of carbonyl (C=O) groups is 2. The number of likely N-dealkylation sites (N-methyl/N-ethyl adjacent to an activating group) is 1. The van der Waals surface area contributed by atoms with Gasteiger partial charge in [0, 0.05) is 55.3 Å². The number of benzene rings is 2. The van der Waals surface area contributed by atoms with E-state index in [0.717, 1.165) is 24.3 Å². The van der Waals surface area contributed by atoms with Crippen molar-refractivity contribution >= 4 is 67.2 Å². The molecule has 3 aliphatic rings. The van der Waals surface area contributed by atoms with Crippen LogP contribution in [0, 0.1) is 11.6 Å². The fourth-order valence-corrected chi connectivity index (χ4v) is 8.31. The van der Waals surface area contributed by atoms with Gasteiger partial charge < -0.3 is 24.0 Å². The molecule has 0 bridgehead atoms. The first-order chi connectivity index (χ1) is 25.8. The fourth-order valence-electron chi connectivity index (χ4n) is 7.14. The summed E-state index contributed by atoms with van der Waals surface area (Å²) in [6, 6.07) is 4.47. The number of fused-ring (bicyclic) bond motifs is 3. The second-order valence-corrected chi connectivity index (χ2v) is 17.4.